The molecule has 0 aliphatic heterocycles. The molecule has 3 atom stereocenters. The molecule has 0 spiro atoms. The van der Waals surface area contributed by atoms with Gasteiger partial charge in [0, 0.05) is 12.1 Å². The van der Waals surface area contributed by atoms with Crippen LogP contribution in [-0.2, 0) is 0 Å². The zero-order valence-corrected chi connectivity index (χ0v) is 13.5. The van der Waals surface area contributed by atoms with E-state index >= 15 is 0 Å². The summed E-state index contributed by atoms with van der Waals surface area (Å²) in [5, 5.41) is 4.05. The highest BCUT2D eigenvalue weighted by Crippen LogP contribution is 2.32. The first kappa shape index (κ1) is 15.4. The van der Waals surface area contributed by atoms with Gasteiger partial charge in [0.1, 0.15) is 0 Å². The molecule has 2 unspecified atom stereocenters. The lowest BCUT2D eigenvalue weighted by Crippen LogP contribution is -2.47. The van der Waals surface area contributed by atoms with Gasteiger partial charge in [0.25, 0.3) is 0 Å². The second kappa shape index (κ2) is 7.67. The van der Waals surface area contributed by atoms with Crippen molar-refractivity contribution in [2.75, 3.05) is 0 Å². The first-order valence-electron chi connectivity index (χ1n) is 8.94. The third kappa shape index (κ3) is 4.48. The van der Waals surface area contributed by atoms with E-state index in [0.29, 0.717) is 0 Å². The second-order valence-corrected chi connectivity index (χ2v) is 7.51. The molecule has 112 valence electrons. The summed E-state index contributed by atoms with van der Waals surface area (Å²) in [6.45, 7) is 7.30. The van der Waals surface area contributed by atoms with Crippen LogP contribution < -0.4 is 5.32 Å². The molecule has 0 radical (unpaired) electrons. The molecule has 0 saturated heterocycles. The molecule has 19 heavy (non-hydrogen) atoms. The molecule has 1 nitrogen and oxygen atoms in total. The highest BCUT2D eigenvalue weighted by Gasteiger charge is 2.30. The van der Waals surface area contributed by atoms with Crippen LogP contribution in [0.15, 0.2) is 0 Å². The fourth-order valence-corrected chi connectivity index (χ4v) is 4.45. The molecule has 0 heterocycles. The van der Waals surface area contributed by atoms with Crippen molar-refractivity contribution in [3.05, 3.63) is 0 Å². The van der Waals surface area contributed by atoms with Gasteiger partial charge in [0.15, 0.2) is 0 Å². The summed E-state index contributed by atoms with van der Waals surface area (Å²) >= 11 is 0. The molecule has 2 saturated carbocycles. The smallest absolute Gasteiger partial charge is 0.0100 e. The maximum absolute atomic E-state index is 4.05. The number of hydrogen-bond donors (Lipinski definition) is 1. The lowest BCUT2D eigenvalue weighted by atomic mass is 9.77. The van der Waals surface area contributed by atoms with Gasteiger partial charge in [-0.1, -0.05) is 52.4 Å². The number of rotatable bonds is 4. The minimum atomic E-state index is 0.738. The van der Waals surface area contributed by atoms with E-state index in [-0.39, 0.29) is 0 Å². The van der Waals surface area contributed by atoms with Gasteiger partial charge in [0.05, 0.1) is 0 Å². The van der Waals surface area contributed by atoms with E-state index < -0.39 is 0 Å². The molecule has 2 fully saturated rings. The topological polar surface area (TPSA) is 12.0 Å². The summed E-state index contributed by atoms with van der Waals surface area (Å²) in [7, 11) is 0. The summed E-state index contributed by atoms with van der Waals surface area (Å²) in [6, 6.07) is 1.54. The SMILES string of the molecule is CC(C)C1CCCCC1N[C@@H](C)C1CCCCCC1. The van der Waals surface area contributed by atoms with Crippen LogP contribution in [0.3, 0.4) is 0 Å². The third-order valence-electron chi connectivity index (χ3n) is 5.76. The molecule has 1 heteroatoms. The number of hydrogen-bond acceptors (Lipinski definition) is 1. The van der Waals surface area contributed by atoms with Crippen LogP contribution >= 0.6 is 0 Å². The Kier molecular flexibility index (Phi) is 6.19. The molecule has 0 aromatic rings. The van der Waals surface area contributed by atoms with Crippen LogP contribution in [-0.4, -0.2) is 12.1 Å². The quantitative estimate of drug-likeness (QED) is 0.693. The molecule has 0 amide bonds. The molecule has 2 aliphatic rings. The van der Waals surface area contributed by atoms with Crippen LogP contribution in [0.5, 0.6) is 0 Å². The highest BCUT2D eigenvalue weighted by molar-refractivity contribution is 4.86. The number of nitrogens with one attached hydrogen (secondary N) is 1. The Morgan fingerprint density at radius 2 is 1.32 bits per heavy atom. The van der Waals surface area contributed by atoms with Gasteiger partial charge < -0.3 is 5.32 Å². The normalized spacial score (nSPS) is 32.2. The monoisotopic (exact) mass is 265 g/mol. The van der Waals surface area contributed by atoms with Crippen molar-refractivity contribution in [3.63, 3.8) is 0 Å². The standard InChI is InChI=1S/C18H35N/c1-14(2)17-12-8-9-13-18(17)19-15(3)16-10-6-4-5-7-11-16/h14-19H,4-13H2,1-3H3/t15-,17?,18?/m0/s1. The zero-order valence-electron chi connectivity index (χ0n) is 13.5. The van der Waals surface area contributed by atoms with E-state index in [1.54, 1.807) is 0 Å². The summed E-state index contributed by atoms with van der Waals surface area (Å²) in [6.07, 6.45) is 14.6. The van der Waals surface area contributed by atoms with Crippen LogP contribution in [0.1, 0.15) is 85.0 Å². The van der Waals surface area contributed by atoms with Gasteiger partial charge in [-0.25, -0.2) is 0 Å². The fourth-order valence-electron chi connectivity index (χ4n) is 4.45. The van der Waals surface area contributed by atoms with Gasteiger partial charge in [-0.2, -0.15) is 0 Å². The molecule has 2 rings (SSSR count). The summed E-state index contributed by atoms with van der Waals surface area (Å²) in [4.78, 5) is 0. The second-order valence-electron chi connectivity index (χ2n) is 7.51. The molecule has 0 bridgehead atoms. The van der Waals surface area contributed by atoms with Crippen LogP contribution in [0.2, 0.25) is 0 Å². The van der Waals surface area contributed by atoms with Crippen molar-refractivity contribution in [1.29, 1.82) is 0 Å². The first-order chi connectivity index (χ1) is 9.18. The molecule has 0 aromatic heterocycles. The van der Waals surface area contributed by atoms with Crippen molar-refractivity contribution in [2.24, 2.45) is 17.8 Å². The van der Waals surface area contributed by atoms with E-state index in [2.05, 4.69) is 26.1 Å². The first-order valence-corrected chi connectivity index (χ1v) is 8.94. The van der Waals surface area contributed by atoms with Crippen LogP contribution in [0.25, 0.3) is 0 Å². The van der Waals surface area contributed by atoms with Gasteiger partial charge >= 0.3 is 0 Å². The summed E-state index contributed by atoms with van der Waals surface area (Å²) < 4.78 is 0. The van der Waals surface area contributed by atoms with Crippen molar-refractivity contribution < 1.29 is 0 Å². The Morgan fingerprint density at radius 3 is 1.95 bits per heavy atom. The lowest BCUT2D eigenvalue weighted by molar-refractivity contribution is 0.176. The average Bonchev–Trinajstić information content (AvgIpc) is 2.68. The maximum atomic E-state index is 4.05. The van der Waals surface area contributed by atoms with Gasteiger partial charge in [0.2, 0.25) is 0 Å². The largest absolute Gasteiger partial charge is 0.311 e. The Balaban J connectivity index is 1.86. The molecule has 2 aliphatic carbocycles. The van der Waals surface area contributed by atoms with Crippen molar-refractivity contribution in [2.45, 2.75) is 97.1 Å². The molecule has 0 aromatic carbocycles. The van der Waals surface area contributed by atoms with E-state index in [1.807, 2.05) is 0 Å². The molecular weight excluding hydrogens is 230 g/mol. The molecule has 1 N–H and O–H groups in total. The summed E-state index contributed by atoms with van der Waals surface area (Å²) in [5.74, 6) is 2.71. The van der Waals surface area contributed by atoms with E-state index in [9.17, 15) is 0 Å². The van der Waals surface area contributed by atoms with E-state index in [4.69, 9.17) is 0 Å². The zero-order chi connectivity index (χ0) is 13.7. The van der Waals surface area contributed by atoms with E-state index in [0.717, 1.165) is 29.8 Å². The lowest BCUT2D eigenvalue weighted by Gasteiger charge is -2.38. The Morgan fingerprint density at radius 1 is 0.737 bits per heavy atom. The maximum Gasteiger partial charge on any atom is 0.0100 e. The van der Waals surface area contributed by atoms with Crippen LogP contribution in [0.4, 0.5) is 0 Å². The Labute approximate surface area is 120 Å². The predicted molar refractivity (Wildman–Crippen MR) is 84.4 cm³/mol. The predicted octanol–water partition coefficient (Wildman–Crippen LogP) is 5.15. The average molecular weight is 265 g/mol. The van der Waals surface area contributed by atoms with Crippen molar-refractivity contribution >= 4 is 0 Å². The van der Waals surface area contributed by atoms with Gasteiger partial charge in [-0.3, -0.25) is 0 Å². The fraction of sp³-hybridized carbons (Fsp3) is 1.00. The third-order valence-corrected chi connectivity index (χ3v) is 5.76. The minimum absolute atomic E-state index is 0.738. The summed E-state index contributed by atoms with van der Waals surface area (Å²) in [5.41, 5.74) is 0. The van der Waals surface area contributed by atoms with E-state index in [1.165, 1.54) is 64.2 Å². The van der Waals surface area contributed by atoms with Gasteiger partial charge in [-0.15, -0.1) is 0 Å². The highest BCUT2D eigenvalue weighted by atomic mass is 15.0. The Bertz CT molecular complexity index is 240. The minimum Gasteiger partial charge on any atom is -0.311 e. The van der Waals surface area contributed by atoms with Crippen molar-refractivity contribution in [3.8, 4) is 0 Å². The van der Waals surface area contributed by atoms with Crippen molar-refractivity contribution in [1.82, 2.24) is 5.32 Å². The van der Waals surface area contributed by atoms with Gasteiger partial charge in [-0.05, 0) is 50.4 Å². The Hall–Kier alpha value is -0.0400. The molecular formula is C18H35N. The van der Waals surface area contributed by atoms with Crippen LogP contribution in [0, 0.1) is 17.8 Å².